The van der Waals surface area contributed by atoms with Crippen LogP contribution in [-0.4, -0.2) is 50.4 Å². The Hall–Kier alpha value is -2.33. The van der Waals surface area contributed by atoms with Crippen LogP contribution in [-0.2, 0) is 10.0 Å². The van der Waals surface area contributed by atoms with E-state index < -0.39 is 10.0 Å². The molecule has 7 nitrogen and oxygen atoms in total. The van der Waals surface area contributed by atoms with Crippen LogP contribution < -0.4 is 9.62 Å². The Labute approximate surface area is 195 Å². The summed E-state index contributed by atoms with van der Waals surface area (Å²) in [5.41, 5.74) is 1.40. The maximum absolute atomic E-state index is 12.7. The van der Waals surface area contributed by atoms with Crippen molar-refractivity contribution in [3.8, 4) is 0 Å². The minimum atomic E-state index is -3.68. The van der Waals surface area contributed by atoms with Crippen LogP contribution in [0.5, 0.6) is 0 Å². The predicted molar refractivity (Wildman–Crippen MR) is 126 cm³/mol. The number of hydrogen-bond donors (Lipinski definition) is 1. The van der Waals surface area contributed by atoms with Gasteiger partial charge in [-0.1, -0.05) is 23.2 Å². The lowest BCUT2D eigenvalue weighted by molar-refractivity contribution is 0.0747. The second-order valence-corrected chi connectivity index (χ2v) is 10.2. The fraction of sp³-hybridized carbons (Fsp3) is 0.200. The lowest BCUT2D eigenvalue weighted by Gasteiger charge is -2.36. The molecule has 1 amide bonds. The van der Waals surface area contributed by atoms with E-state index in [0.717, 1.165) is 5.69 Å². The molecule has 0 atom stereocenters. The molecule has 1 N–H and O–H groups in total. The highest BCUT2D eigenvalue weighted by Crippen LogP contribution is 2.25. The molecule has 0 saturated carbocycles. The Balaban J connectivity index is 0.00000289. The van der Waals surface area contributed by atoms with E-state index in [1.54, 1.807) is 52.7 Å². The molecule has 2 heterocycles. The molecule has 31 heavy (non-hydrogen) atoms. The summed E-state index contributed by atoms with van der Waals surface area (Å²) in [5.74, 6) is -0.0899. The van der Waals surface area contributed by atoms with Gasteiger partial charge in [0.15, 0.2) is 5.13 Å². The molecule has 11 heteroatoms. The first-order valence-corrected chi connectivity index (χ1v) is 12.5. The first-order chi connectivity index (χ1) is 14.8. The van der Waals surface area contributed by atoms with E-state index in [9.17, 15) is 13.2 Å². The molecule has 1 fully saturated rings. The molecule has 0 unspecified atom stereocenters. The van der Waals surface area contributed by atoms with Gasteiger partial charge in [-0.15, -0.1) is 11.3 Å². The smallest absolute Gasteiger partial charge is 0.263 e. The van der Waals surface area contributed by atoms with Crippen LogP contribution >= 0.6 is 34.5 Å². The van der Waals surface area contributed by atoms with Gasteiger partial charge in [-0.2, -0.15) is 0 Å². The Morgan fingerprint density at radius 3 is 2.35 bits per heavy atom. The van der Waals surface area contributed by atoms with Crippen molar-refractivity contribution >= 4 is 61.3 Å². The number of sulfonamides is 1. The number of carbonyl (C=O) groups is 1. The van der Waals surface area contributed by atoms with E-state index in [1.165, 1.54) is 17.5 Å². The average Bonchev–Trinajstić information content (AvgIpc) is 3.28. The molecule has 0 bridgehead atoms. The minimum Gasteiger partial charge on any atom is -0.368 e. The normalized spacial score (nSPS) is 14.5. The second kappa shape index (κ2) is 9.04. The Kier molecular flexibility index (Phi) is 6.38. The van der Waals surface area contributed by atoms with E-state index in [0.29, 0.717) is 46.9 Å². The number of anilines is 2. The zero-order chi connectivity index (χ0) is 22.0. The van der Waals surface area contributed by atoms with Crippen molar-refractivity contribution in [2.75, 3.05) is 35.8 Å². The summed E-state index contributed by atoms with van der Waals surface area (Å²) in [6.45, 7) is 2.36. The van der Waals surface area contributed by atoms with Crippen LogP contribution in [0, 0.1) is 0 Å². The number of thiazole rings is 1. The lowest BCUT2D eigenvalue weighted by Crippen LogP contribution is -2.48. The van der Waals surface area contributed by atoms with Gasteiger partial charge in [0.1, 0.15) is 0 Å². The average molecular weight is 499 g/mol. The number of carbonyl (C=O) groups excluding carboxylic acids is 1. The minimum absolute atomic E-state index is 0. The van der Waals surface area contributed by atoms with Gasteiger partial charge in [0.2, 0.25) is 0 Å². The summed E-state index contributed by atoms with van der Waals surface area (Å²) in [4.78, 5) is 20.7. The molecule has 3 aromatic rings. The van der Waals surface area contributed by atoms with Gasteiger partial charge in [0, 0.05) is 50.4 Å². The second-order valence-electron chi connectivity index (χ2n) is 6.84. The molecule has 1 aromatic heterocycles. The van der Waals surface area contributed by atoms with Gasteiger partial charge in [0.25, 0.3) is 15.9 Å². The molecule has 4 rings (SSSR count). The number of piperazine rings is 1. The maximum Gasteiger partial charge on any atom is 0.263 e. The number of hydrogen-bond acceptors (Lipinski definition) is 6. The van der Waals surface area contributed by atoms with E-state index in [1.807, 2.05) is 0 Å². The molecule has 1 aliphatic heterocycles. The summed E-state index contributed by atoms with van der Waals surface area (Å²) in [5, 5.41) is 2.79. The van der Waals surface area contributed by atoms with Gasteiger partial charge in [-0.05, 0) is 42.5 Å². The summed E-state index contributed by atoms with van der Waals surface area (Å²) in [7, 11) is -3.68. The van der Waals surface area contributed by atoms with Crippen molar-refractivity contribution in [3.05, 3.63) is 69.7 Å². The first-order valence-electron chi connectivity index (χ1n) is 9.35. The number of amides is 1. The third-order valence-electron chi connectivity index (χ3n) is 4.90. The van der Waals surface area contributed by atoms with Crippen LogP contribution in [0.1, 0.15) is 11.8 Å². The Bertz CT molecular complexity index is 1180. The maximum atomic E-state index is 12.7. The summed E-state index contributed by atoms with van der Waals surface area (Å²) in [6.07, 6.45) is 1.54. The Morgan fingerprint density at radius 2 is 1.74 bits per heavy atom. The van der Waals surface area contributed by atoms with Gasteiger partial charge in [-0.25, -0.2) is 13.4 Å². The number of benzene rings is 2. The number of halogens is 2. The van der Waals surface area contributed by atoms with Gasteiger partial charge < -0.3 is 9.80 Å². The summed E-state index contributed by atoms with van der Waals surface area (Å²) in [6, 6.07) is 11.5. The van der Waals surface area contributed by atoms with E-state index in [4.69, 9.17) is 23.2 Å². The number of nitrogens with zero attached hydrogens (tertiary/aromatic N) is 3. The number of rotatable bonds is 5. The molecule has 1 saturated heterocycles. The van der Waals surface area contributed by atoms with Crippen molar-refractivity contribution in [2.24, 2.45) is 0 Å². The van der Waals surface area contributed by atoms with Crippen LogP contribution in [0.15, 0.2) is 58.9 Å². The fourth-order valence-electron chi connectivity index (χ4n) is 3.26. The van der Waals surface area contributed by atoms with Crippen LogP contribution in [0.4, 0.5) is 10.8 Å². The molecule has 0 radical (unpaired) electrons. The Morgan fingerprint density at radius 1 is 1.03 bits per heavy atom. The molecule has 1 aliphatic rings. The SMILES string of the molecule is O=C(c1ccc(Cl)c(Cl)c1)N1CCN(c2ccc(S(=O)(=O)Nc3nccs3)cc2)CC1.[HH]. The van der Waals surface area contributed by atoms with Crippen LogP contribution in [0.3, 0.4) is 0 Å². The third-order valence-corrected chi connectivity index (χ3v) is 7.81. The third kappa shape index (κ3) is 4.95. The van der Waals surface area contributed by atoms with Crippen molar-refractivity contribution in [1.29, 1.82) is 0 Å². The molecule has 164 valence electrons. The van der Waals surface area contributed by atoms with E-state index >= 15 is 0 Å². The standard InChI is InChI=1S/C20H18Cl2N4O3S2.H2/c21-17-6-1-14(13-18(17)22)19(27)26-10-8-25(9-11-26)15-2-4-16(5-3-15)31(28,29)24-20-23-7-12-30-20;/h1-7,12-13H,8-11H2,(H,23,24);1H. The molecule has 2 aromatic carbocycles. The number of nitrogens with one attached hydrogen (secondary N) is 1. The lowest BCUT2D eigenvalue weighted by atomic mass is 10.1. The summed E-state index contributed by atoms with van der Waals surface area (Å²) < 4.78 is 27.4. The molecular weight excluding hydrogens is 479 g/mol. The predicted octanol–water partition coefficient (Wildman–Crippen LogP) is 4.46. The van der Waals surface area contributed by atoms with Crippen LogP contribution in [0.25, 0.3) is 0 Å². The highest BCUT2D eigenvalue weighted by molar-refractivity contribution is 7.93. The zero-order valence-corrected chi connectivity index (χ0v) is 19.3. The number of aromatic nitrogens is 1. The monoisotopic (exact) mass is 498 g/mol. The van der Waals surface area contributed by atoms with Crippen molar-refractivity contribution in [3.63, 3.8) is 0 Å². The molecule has 0 aliphatic carbocycles. The summed E-state index contributed by atoms with van der Waals surface area (Å²) >= 11 is 13.2. The van der Waals surface area contributed by atoms with Crippen LogP contribution in [0.2, 0.25) is 10.0 Å². The highest BCUT2D eigenvalue weighted by Gasteiger charge is 2.23. The fourth-order valence-corrected chi connectivity index (χ4v) is 5.35. The van der Waals surface area contributed by atoms with Gasteiger partial charge in [0.05, 0.1) is 14.9 Å². The van der Waals surface area contributed by atoms with Gasteiger partial charge >= 0.3 is 0 Å². The first kappa shape index (κ1) is 21.9. The van der Waals surface area contributed by atoms with Gasteiger partial charge in [-0.3, -0.25) is 9.52 Å². The van der Waals surface area contributed by atoms with E-state index in [-0.39, 0.29) is 12.2 Å². The van der Waals surface area contributed by atoms with Crippen molar-refractivity contribution in [1.82, 2.24) is 9.88 Å². The zero-order valence-electron chi connectivity index (χ0n) is 16.2. The molecule has 0 spiro atoms. The van der Waals surface area contributed by atoms with E-state index in [2.05, 4.69) is 14.6 Å². The highest BCUT2D eigenvalue weighted by atomic mass is 35.5. The quantitative estimate of drug-likeness (QED) is 0.561. The molecular formula is C20H20Cl2N4O3S2. The van der Waals surface area contributed by atoms with Crippen molar-refractivity contribution < 1.29 is 14.6 Å². The topological polar surface area (TPSA) is 82.6 Å². The van der Waals surface area contributed by atoms with Crippen molar-refractivity contribution in [2.45, 2.75) is 4.90 Å². The largest absolute Gasteiger partial charge is 0.368 e.